The zero-order valence-electron chi connectivity index (χ0n) is 13.0. The van der Waals surface area contributed by atoms with Crippen molar-refractivity contribution in [3.05, 3.63) is 52.5 Å². The summed E-state index contributed by atoms with van der Waals surface area (Å²) in [6.07, 6.45) is 0.618. The van der Waals surface area contributed by atoms with Gasteiger partial charge in [-0.15, -0.1) is 0 Å². The molecule has 3 rings (SSSR count). The molecule has 0 aliphatic carbocycles. The minimum absolute atomic E-state index is 0.164. The summed E-state index contributed by atoms with van der Waals surface area (Å²) in [7, 11) is -3.22. The average molecular weight is 400 g/mol. The number of anilines is 3. The average Bonchev–Trinajstić information content (AvgIpc) is 2.90. The van der Waals surface area contributed by atoms with E-state index in [4.69, 9.17) is 23.2 Å². The summed E-state index contributed by atoms with van der Waals surface area (Å²) < 4.78 is 25.2. The van der Waals surface area contributed by atoms with Crippen molar-refractivity contribution in [1.29, 1.82) is 0 Å². The maximum absolute atomic E-state index is 12.0. The SMILES string of the molecule is O=C(Nc1ccc(N2CCCS2(=O)=O)cc1)Nc1ccc(Cl)cc1Cl. The lowest BCUT2D eigenvalue weighted by atomic mass is 10.2. The van der Waals surface area contributed by atoms with E-state index in [9.17, 15) is 13.2 Å². The van der Waals surface area contributed by atoms with E-state index in [2.05, 4.69) is 10.6 Å². The van der Waals surface area contributed by atoms with Crippen LogP contribution in [-0.2, 0) is 10.0 Å². The molecule has 1 heterocycles. The van der Waals surface area contributed by atoms with Crippen molar-refractivity contribution in [2.75, 3.05) is 27.2 Å². The molecule has 1 fully saturated rings. The van der Waals surface area contributed by atoms with Gasteiger partial charge < -0.3 is 10.6 Å². The number of halogens is 2. The van der Waals surface area contributed by atoms with Crippen LogP contribution in [0.3, 0.4) is 0 Å². The van der Waals surface area contributed by atoms with Crippen LogP contribution in [-0.4, -0.2) is 26.7 Å². The molecule has 0 atom stereocenters. The van der Waals surface area contributed by atoms with Gasteiger partial charge in [0, 0.05) is 17.3 Å². The molecule has 2 N–H and O–H groups in total. The van der Waals surface area contributed by atoms with Gasteiger partial charge in [-0.05, 0) is 48.9 Å². The molecule has 2 aromatic carbocycles. The number of rotatable bonds is 3. The van der Waals surface area contributed by atoms with Crippen molar-refractivity contribution in [2.45, 2.75) is 6.42 Å². The third-order valence-electron chi connectivity index (χ3n) is 3.69. The van der Waals surface area contributed by atoms with E-state index in [0.29, 0.717) is 40.1 Å². The van der Waals surface area contributed by atoms with Crippen molar-refractivity contribution >= 4 is 56.3 Å². The summed E-state index contributed by atoms with van der Waals surface area (Å²) in [6, 6.07) is 10.9. The number of nitrogens with one attached hydrogen (secondary N) is 2. The summed E-state index contributed by atoms with van der Waals surface area (Å²) in [5.74, 6) is 0.164. The predicted octanol–water partition coefficient (Wildman–Crippen LogP) is 4.18. The molecule has 25 heavy (non-hydrogen) atoms. The summed E-state index contributed by atoms with van der Waals surface area (Å²) in [4.78, 5) is 12.0. The minimum atomic E-state index is -3.22. The fourth-order valence-electron chi connectivity index (χ4n) is 2.52. The Labute approximate surface area is 155 Å². The second kappa shape index (κ2) is 7.11. The van der Waals surface area contributed by atoms with Crippen LogP contribution in [0.5, 0.6) is 0 Å². The molecule has 0 spiro atoms. The molecule has 1 aliphatic heterocycles. The lowest BCUT2D eigenvalue weighted by molar-refractivity contribution is 0.262. The van der Waals surface area contributed by atoms with Gasteiger partial charge in [0.05, 0.1) is 22.2 Å². The molecule has 0 radical (unpaired) electrons. The predicted molar refractivity (Wildman–Crippen MR) is 101 cm³/mol. The van der Waals surface area contributed by atoms with Gasteiger partial charge in [0.25, 0.3) is 0 Å². The van der Waals surface area contributed by atoms with Crippen LogP contribution >= 0.6 is 23.2 Å². The Balaban J connectivity index is 1.66. The fourth-order valence-corrected chi connectivity index (χ4v) is 4.54. The minimum Gasteiger partial charge on any atom is -0.308 e. The lowest BCUT2D eigenvalue weighted by Gasteiger charge is -2.17. The van der Waals surface area contributed by atoms with E-state index in [1.54, 1.807) is 36.4 Å². The van der Waals surface area contributed by atoms with Gasteiger partial charge in [0.1, 0.15) is 0 Å². The Bertz CT molecular complexity index is 901. The maximum atomic E-state index is 12.0. The smallest absolute Gasteiger partial charge is 0.308 e. The van der Waals surface area contributed by atoms with Crippen LogP contribution in [0.1, 0.15) is 6.42 Å². The third kappa shape index (κ3) is 4.18. The van der Waals surface area contributed by atoms with E-state index < -0.39 is 16.1 Å². The zero-order valence-corrected chi connectivity index (χ0v) is 15.3. The molecule has 1 aliphatic rings. The van der Waals surface area contributed by atoms with Crippen molar-refractivity contribution in [3.63, 3.8) is 0 Å². The fraction of sp³-hybridized carbons (Fsp3) is 0.188. The molecular weight excluding hydrogens is 385 g/mol. The Morgan fingerprint density at radius 1 is 1.04 bits per heavy atom. The normalized spacial score (nSPS) is 15.8. The second-order valence-electron chi connectivity index (χ2n) is 5.49. The number of amides is 2. The zero-order chi connectivity index (χ0) is 18.0. The number of sulfonamides is 1. The van der Waals surface area contributed by atoms with E-state index in [-0.39, 0.29) is 5.75 Å². The molecule has 1 saturated heterocycles. The van der Waals surface area contributed by atoms with E-state index in [1.807, 2.05) is 0 Å². The van der Waals surface area contributed by atoms with Crippen LogP contribution < -0.4 is 14.9 Å². The third-order valence-corrected chi connectivity index (χ3v) is 6.11. The first-order valence-electron chi connectivity index (χ1n) is 7.49. The number of hydrogen-bond acceptors (Lipinski definition) is 3. The number of carbonyl (C=O) groups excluding carboxylic acids is 1. The summed E-state index contributed by atoms with van der Waals surface area (Å²) >= 11 is 11.8. The largest absolute Gasteiger partial charge is 0.323 e. The lowest BCUT2D eigenvalue weighted by Crippen LogP contribution is -2.25. The second-order valence-corrected chi connectivity index (χ2v) is 8.35. The van der Waals surface area contributed by atoms with Crippen LogP contribution in [0.4, 0.5) is 21.9 Å². The molecule has 6 nitrogen and oxygen atoms in total. The molecule has 0 aromatic heterocycles. The van der Waals surface area contributed by atoms with Crippen molar-refractivity contribution in [3.8, 4) is 0 Å². The highest BCUT2D eigenvalue weighted by Gasteiger charge is 2.28. The standard InChI is InChI=1S/C16H15Cl2N3O3S/c17-11-2-7-15(14(18)10-11)20-16(22)19-12-3-5-13(6-4-12)21-8-1-9-25(21,23)24/h2-7,10H,1,8-9H2,(H2,19,20,22). The van der Waals surface area contributed by atoms with Crippen LogP contribution in [0.15, 0.2) is 42.5 Å². The molecule has 132 valence electrons. The Hall–Kier alpha value is -1.96. The van der Waals surface area contributed by atoms with E-state index in [0.717, 1.165) is 0 Å². The maximum Gasteiger partial charge on any atom is 0.323 e. The molecule has 0 saturated carbocycles. The van der Waals surface area contributed by atoms with Crippen LogP contribution in [0, 0.1) is 0 Å². The Kier molecular flexibility index (Phi) is 5.08. The number of benzene rings is 2. The highest BCUT2D eigenvalue weighted by Crippen LogP contribution is 2.27. The Morgan fingerprint density at radius 3 is 2.36 bits per heavy atom. The monoisotopic (exact) mass is 399 g/mol. The number of nitrogens with zero attached hydrogens (tertiary/aromatic N) is 1. The van der Waals surface area contributed by atoms with E-state index in [1.165, 1.54) is 10.4 Å². The van der Waals surface area contributed by atoms with Crippen molar-refractivity contribution in [1.82, 2.24) is 0 Å². The molecule has 0 unspecified atom stereocenters. The van der Waals surface area contributed by atoms with E-state index >= 15 is 0 Å². The van der Waals surface area contributed by atoms with Crippen molar-refractivity contribution in [2.24, 2.45) is 0 Å². The van der Waals surface area contributed by atoms with Gasteiger partial charge in [-0.25, -0.2) is 13.2 Å². The van der Waals surface area contributed by atoms with Gasteiger partial charge in [0.2, 0.25) is 10.0 Å². The van der Waals surface area contributed by atoms with Gasteiger partial charge in [-0.3, -0.25) is 4.31 Å². The van der Waals surface area contributed by atoms with Crippen LogP contribution in [0.25, 0.3) is 0 Å². The Morgan fingerprint density at radius 2 is 1.76 bits per heavy atom. The molecular formula is C16H15Cl2N3O3S. The van der Waals surface area contributed by atoms with Crippen molar-refractivity contribution < 1.29 is 13.2 Å². The number of carbonyl (C=O) groups is 1. The molecule has 2 amide bonds. The molecule has 2 aromatic rings. The van der Waals surface area contributed by atoms with Gasteiger partial charge in [-0.1, -0.05) is 23.2 Å². The van der Waals surface area contributed by atoms with Gasteiger partial charge in [0.15, 0.2) is 0 Å². The first-order valence-corrected chi connectivity index (χ1v) is 9.85. The number of urea groups is 1. The van der Waals surface area contributed by atoms with Gasteiger partial charge >= 0.3 is 6.03 Å². The summed E-state index contributed by atoms with van der Waals surface area (Å²) in [5, 5.41) is 6.09. The quantitative estimate of drug-likeness (QED) is 0.812. The summed E-state index contributed by atoms with van der Waals surface area (Å²) in [5.41, 5.74) is 1.55. The molecule has 9 heteroatoms. The highest BCUT2D eigenvalue weighted by atomic mass is 35.5. The van der Waals surface area contributed by atoms with Crippen LogP contribution in [0.2, 0.25) is 10.0 Å². The highest BCUT2D eigenvalue weighted by molar-refractivity contribution is 7.93. The first kappa shape index (κ1) is 17.8. The van der Waals surface area contributed by atoms with Gasteiger partial charge in [-0.2, -0.15) is 0 Å². The molecule has 0 bridgehead atoms. The topological polar surface area (TPSA) is 78.5 Å². The first-order chi connectivity index (χ1) is 11.8. The number of hydrogen-bond donors (Lipinski definition) is 2. The summed E-state index contributed by atoms with van der Waals surface area (Å²) in [6.45, 7) is 0.477.